The van der Waals surface area contributed by atoms with E-state index in [4.69, 9.17) is 0 Å². The zero-order valence-electron chi connectivity index (χ0n) is 10.4. The predicted molar refractivity (Wildman–Crippen MR) is 88.8 cm³/mol. The first-order valence-corrected chi connectivity index (χ1v) is 8.53. The number of fused-ring (bicyclic) bond motifs is 1. The Morgan fingerprint density at radius 1 is 1.15 bits per heavy atom. The van der Waals surface area contributed by atoms with E-state index >= 15 is 0 Å². The van der Waals surface area contributed by atoms with Crippen LogP contribution in [0, 0.1) is 0 Å². The molecule has 1 aliphatic heterocycles. The molecule has 0 atom stereocenters. The monoisotopic (exact) mass is 460 g/mol. The highest BCUT2D eigenvalue weighted by Gasteiger charge is 2.25. The highest BCUT2D eigenvalue weighted by Crippen LogP contribution is 2.33. The van der Waals surface area contributed by atoms with E-state index in [-0.39, 0.29) is 5.91 Å². The number of carbonyl (C=O) groups is 1. The van der Waals surface area contributed by atoms with Gasteiger partial charge in [0.25, 0.3) is 5.91 Å². The van der Waals surface area contributed by atoms with Crippen molar-refractivity contribution in [1.29, 1.82) is 0 Å². The molecule has 1 N–H and O–H groups in total. The Hall–Kier alpha value is -0.590. The summed E-state index contributed by atoms with van der Waals surface area (Å²) in [4.78, 5) is 17.7. The molecule has 6 heteroatoms. The molecule has 1 amide bonds. The van der Waals surface area contributed by atoms with E-state index in [1.165, 1.54) is 5.69 Å². The molecule has 0 bridgehead atoms. The van der Waals surface area contributed by atoms with E-state index in [9.17, 15) is 4.79 Å². The smallest absolute Gasteiger partial charge is 0.254 e. The predicted octanol–water partition coefficient (Wildman–Crippen LogP) is 4.50. The fraction of sp³-hybridized carbons (Fsp3) is 0.214. The van der Waals surface area contributed by atoms with Gasteiger partial charge in [0, 0.05) is 40.8 Å². The van der Waals surface area contributed by atoms with Gasteiger partial charge in [0.1, 0.15) is 0 Å². The van der Waals surface area contributed by atoms with E-state index in [2.05, 4.69) is 52.8 Å². The van der Waals surface area contributed by atoms with Crippen LogP contribution < -0.4 is 0 Å². The summed E-state index contributed by atoms with van der Waals surface area (Å²) < 4.78 is 2.94. The fourth-order valence-electron chi connectivity index (χ4n) is 2.37. The summed E-state index contributed by atoms with van der Waals surface area (Å²) >= 11 is 10.4. The number of nitrogens with one attached hydrogen (secondary N) is 1. The topological polar surface area (TPSA) is 36.1 Å². The standard InChI is InChI=1S/C14H11Br3N2O/c15-9-3-1-8(2-4-9)14(20)19-6-5-11-10(7-19)12(16)13(17)18-11/h1-4,18H,5-7H2. The first-order chi connectivity index (χ1) is 9.56. The van der Waals surface area contributed by atoms with Gasteiger partial charge in [0.05, 0.1) is 9.08 Å². The van der Waals surface area contributed by atoms with E-state index in [1.807, 2.05) is 29.2 Å². The Morgan fingerprint density at radius 3 is 2.55 bits per heavy atom. The third-order valence-electron chi connectivity index (χ3n) is 3.44. The quantitative estimate of drug-likeness (QED) is 0.665. The summed E-state index contributed by atoms with van der Waals surface area (Å²) in [6.07, 6.45) is 0.849. The molecule has 0 spiro atoms. The van der Waals surface area contributed by atoms with Crippen LogP contribution in [0.5, 0.6) is 0 Å². The van der Waals surface area contributed by atoms with Crippen LogP contribution in [0.25, 0.3) is 0 Å². The highest BCUT2D eigenvalue weighted by molar-refractivity contribution is 9.13. The van der Waals surface area contributed by atoms with Gasteiger partial charge in [-0.1, -0.05) is 15.9 Å². The molecule has 104 valence electrons. The second-order valence-corrected chi connectivity index (χ2v) is 7.20. The van der Waals surface area contributed by atoms with Gasteiger partial charge in [-0.15, -0.1) is 0 Å². The maximum atomic E-state index is 12.5. The van der Waals surface area contributed by atoms with Gasteiger partial charge in [0.15, 0.2) is 0 Å². The van der Waals surface area contributed by atoms with Crippen LogP contribution in [0.15, 0.2) is 37.8 Å². The summed E-state index contributed by atoms with van der Waals surface area (Å²) in [7, 11) is 0. The number of amides is 1. The highest BCUT2D eigenvalue weighted by atomic mass is 79.9. The molecule has 3 nitrogen and oxygen atoms in total. The van der Waals surface area contributed by atoms with Crippen LogP contribution in [-0.2, 0) is 13.0 Å². The number of H-pyrrole nitrogens is 1. The minimum Gasteiger partial charge on any atom is -0.352 e. The average Bonchev–Trinajstić information content (AvgIpc) is 2.74. The van der Waals surface area contributed by atoms with Gasteiger partial charge >= 0.3 is 0 Å². The number of carbonyl (C=O) groups excluding carboxylic acids is 1. The molecule has 0 radical (unpaired) electrons. The van der Waals surface area contributed by atoms with Crippen molar-refractivity contribution in [3.05, 3.63) is 54.6 Å². The molecule has 2 aromatic rings. The van der Waals surface area contributed by atoms with Crippen LogP contribution in [0.4, 0.5) is 0 Å². The maximum Gasteiger partial charge on any atom is 0.254 e. The van der Waals surface area contributed by atoms with Gasteiger partial charge in [0.2, 0.25) is 0 Å². The van der Waals surface area contributed by atoms with Crippen molar-refractivity contribution < 1.29 is 4.79 Å². The van der Waals surface area contributed by atoms with Crippen molar-refractivity contribution in [3.8, 4) is 0 Å². The number of nitrogens with zero attached hydrogens (tertiary/aromatic N) is 1. The first kappa shape index (κ1) is 14.4. The Morgan fingerprint density at radius 2 is 1.85 bits per heavy atom. The number of halogens is 3. The minimum atomic E-state index is 0.0763. The maximum absolute atomic E-state index is 12.5. The van der Waals surface area contributed by atoms with Crippen molar-refractivity contribution in [2.75, 3.05) is 6.54 Å². The van der Waals surface area contributed by atoms with Crippen molar-refractivity contribution in [2.45, 2.75) is 13.0 Å². The Kier molecular flexibility index (Phi) is 4.06. The molecule has 0 saturated heterocycles. The lowest BCUT2D eigenvalue weighted by atomic mass is 10.1. The van der Waals surface area contributed by atoms with E-state index in [1.54, 1.807) is 0 Å². The van der Waals surface area contributed by atoms with Crippen LogP contribution in [0.1, 0.15) is 21.6 Å². The second kappa shape index (κ2) is 5.66. The lowest BCUT2D eigenvalue weighted by molar-refractivity contribution is 0.0734. The molecule has 0 unspecified atom stereocenters. The normalized spacial score (nSPS) is 14.2. The third kappa shape index (κ3) is 2.61. The molecule has 1 aromatic carbocycles. The Labute approximate surface area is 142 Å². The number of hydrogen-bond acceptors (Lipinski definition) is 1. The number of rotatable bonds is 1. The molecule has 1 aromatic heterocycles. The van der Waals surface area contributed by atoms with E-state index in [0.717, 1.165) is 37.6 Å². The summed E-state index contributed by atoms with van der Waals surface area (Å²) in [6, 6.07) is 7.49. The summed E-state index contributed by atoms with van der Waals surface area (Å²) in [5.41, 5.74) is 3.08. The molecule has 0 aliphatic carbocycles. The lowest BCUT2D eigenvalue weighted by Gasteiger charge is -2.27. The summed E-state index contributed by atoms with van der Waals surface area (Å²) in [5, 5.41) is 0. The molecule has 0 saturated carbocycles. The van der Waals surface area contributed by atoms with Gasteiger partial charge in [-0.3, -0.25) is 4.79 Å². The molecular formula is C14H11Br3N2O. The first-order valence-electron chi connectivity index (χ1n) is 6.16. The zero-order chi connectivity index (χ0) is 14.3. The third-order valence-corrected chi connectivity index (χ3v) is 5.97. The van der Waals surface area contributed by atoms with Crippen LogP contribution >= 0.6 is 47.8 Å². The second-order valence-electron chi connectivity index (χ2n) is 4.69. The molecule has 3 rings (SSSR count). The number of aromatic nitrogens is 1. The number of benzene rings is 1. The van der Waals surface area contributed by atoms with E-state index in [0.29, 0.717) is 6.54 Å². The van der Waals surface area contributed by atoms with Crippen LogP contribution in [0.2, 0.25) is 0 Å². The van der Waals surface area contributed by atoms with Crippen LogP contribution in [-0.4, -0.2) is 22.3 Å². The van der Waals surface area contributed by atoms with Crippen molar-refractivity contribution >= 4 is 53.7 Å². The minimum absolute atomic E-state index is 0.0763. The molecule has 2 heterocycles. The number of hydrogen-bond donors (Lipinski definition) is 1. The molecule has 1 aliphatic rings. The lowest BCUT2D eigenvalue weighted by Crippen LogP contribution is -2.35. The molecule has 20 heavy (non-hydrogen) atoms. The van der Waals surface area contributed by atoms with Crippen LogP contribution in [0.3, 0.4) is 0 Å². The zero-order valence-corrected chi connectivity index (χ0v) is 15.2. The average molecular weight is 463 g/mol. The number of aromatic amines is 1. The van der Waals surface area contributed by atoms with Gasteiger partial charge in [-0.2, -0.15) is 0 Å². The van der Waals surface area contributed by atoms with Crippen molar-refractivity contribution in [3.63, 3.8) is 0 Å². The molecular weight excluding hydrogens is 452 g/mol. The SMILES string of the molecule is O=C(c1ccc(Br)cc1)N1CCc2[nH]c(Br)c(Br)c2C1. The summed E-state index contributed by atoms with van der Waals surface area (Å²) in [5.74, 6) is 0.0763. The van der Waals surface area contributed by atoms with Gasteiger partial charge in [-0.25, -0.2) is 0 Å². The Bertz CT molecular complexity index is 664. The Balaban J connectivity index is 1.84. The largest absolute Gasteiger partial charge is 0.352 e. The van der Waals surface area contributed by atoms with Crippen molar-refractivity contribution in [2.24, 2.45) is 0 Å². The van der Waals surface area contributed by atoms with E-state index < -0.39 is 0 Å². The fourth-order valence-corrected chi connectivity index (χ4v) is 3.58. The van der Waals surface area contributed by atoms with Gasteiger partial charge in [-0.05, 0) is 56.1 Å². The summed E-state index contributed by atoms with van der Waals surface area (Å²) in [6.45, 7) is 1.37. The van der Waals surface area contributed by atoms with Crippen molar-refractivity contribution in [1.82, 2.24) is 9.88 Å². The molecule has 0 fully saturated rings. The van der Waals surface area contributed by atoms with Gasteiger partial charge < -0.3 is 9.88 Å².